The number of aliphatic hydroxyl groups is 1. The molecule has 0 aromatic carbocycles. The number of hydrogen-bond acceptors (Lipinski definition) is 3. The van der Waals surface area contributed by atoms with E-state index in [9.17, 15) is 14.7 Å². The first-order valence-electron chi connectivity index (χ1n) is 6.63. The van der Waals surface area contributed by atoms with E-state index in [1.54, 1.807) is 23.9 Å². The molecule has 102 valence electrons. The Bertz CT molecular complexity index is 350. The second kappa shape index (κ2) is 4.88. The summed E-state index contributed by atoms with van der Waals surface area (Å²) in [7, 11) is 3.45. The van der Waals surface area contributed by atoms with Crippen molar-refractivity contribution in [2.45, 2.75) is 37.7 Å². The van der Waals surface area contributed by atoms with Gasteiger partial charge in [0.1, 0.15) is 0 Å². The van der Waals surface area contributed by atoms with Gasteiger partial charge in [-0.15, -0.1) is 0 Å². The fourth-order valence-electron chi connectivity index (χ4n) is 3.05. The van der Waals surface area contributed by atoms with Gasteiger partial charge in [0, 0.05) is 33.6 Å². The van der Waals surface area contributed by atoms with Crippen molar-refractivity contribution in [1.29, 1.82) is 0 Å². The third kappa shape index (κ3) is 2.66. The summed E-state index contributed by atoms with van der Waals surface area (Å²) >= 11 is 0. The van der Waals surface area contributed by atoms with Crippen molar-refractivity contribution in [3.05, 3.63) is 0 Å². The molecule has 1 saturated carbocycles. The first kappa shape index (κ1) is 13.3. The van der Waals surface area contributed by atoms with Gasteiger partial charge in [0.2, 0.25) is 11.8 Å². The minimum Gasteiger partial charge on any atom is -0.388 e. The number of likely N-dealkylation sites (tertiary alicyclic amines) is 1. The lowest BCUT2D eigenvalue weighted by molar-refractivity contribution is -0.137. The summed E-state index contributed by atoms with van der Waals surface area (Å²) in [5.74, 6) is -0.230. The van der Waals surface area contributed by atoms with Crippen LogP contribution in [0.1, 0.15) is 32.1 Å². The van der Waals surface area contributed by atoms with Crippen LogP contribution in [0.15, 0.2) is 0 Å². The van der Waals surface area contributed by atoms with Crippen molar-refractivity contribution < 1.29 is 14.7 Å². The van der Waals surface area contributed by atoms with E-state index in [4.69, 9.17) is 0 Å². The zero-order chi connectivity index (χ0) is 13.3. The molecule has 5 nitrogen and oxygen atoms in total. The monoisotopic (exact) mass is 254 g/mol. The summed E-state index contributed by atoms with van der Waals surface area (Å²) in [6.07, 6.45) is 3.91. The Hall–Kier alpha value is -1.10. The van der Waals surface area contributed by atoms with Crippen LogP contribution in [0.5, 0.6) is 0 Å². The Morgan fingerprint density at radius 2 is 2.11 bits per heavy atom. The van der Waals surface area contributed by atoms with Crippen molar-refractivity contribution >= 4 is 11.8 Å². The molecule has 0 spiro atoms. The van der Waals surface area contributed by atoms with Gasteiger partial charge >= 0.3 is 0 Å². The SMILES string of the molecule is CN1CC(C(=O)N(C)CC2(O)CCCC2)CC1=O. The van der Waals surface area contributed by atoms with Gasteiger partial charge in [-0.1, -0.05) is 12.8 Å². The van der Waals surface area contributed by atoms with Gasteiger partial charge in [0.15, 0.2) is 0 Å². The lowest BCUT2D eigenvalue weighted by Crippen LogP contribution is -2.44. The van der Waals surface area contributed by atoms with Crippen molar-refractivity contribution in [2.24, 2.45) is 5.92 Å². The minimum atomic E-state index is -0.709. The normalized spacial score (nSPS) is 26.7. The van der Waals surface area contributed by atoms with E-state index in [2.05, 4.69) is 0 Å². The van der Waals surface area contributed by atoms with E-state index in [1.165, 1.54) is 0 Å². The molecule has 0 bridgehead atoms. The molecule has 2 rings (SSSR count). The molecule has 1 saturated heterocycles. The average molecular weight is 254 g/mol. The highest BCUT2D eigenvalue weighted by Gasteiger charge is 2.37. The predicted octanol–water partition coefficient (Wildman–Crippen LogP) is 0.228. The Kier molecular flexibility index (Phi) is 3.61. The Labute approximate surface area is 108 Å². The fourth-order valence-corrected chi connectivity index (χ4v) is 3.05. The number of likely N-dealkylation sites (N-methyl/N-ethyl adjacent to an activating group) is 1. The van der Waals surface area contributed by atoms with Gasteiger partial charge in [0.25, 0.3) is 0 Å². The molecular weight excluding hydrogens is 232 g/mol. The summed E-state index contributed by atoms with van der Waals surface area (Å²) in [5.41, 5.74) is -0.709. The third-order valence-electron chi connectivity index (χ3n) is 4.13. The Morgan fingerprint density at radius 1 is 1.50 bits per heavy atom. The average Bonchev–Trinajstić information content (AvgIpc) is 2.86. The number of nitrogens with zero attached hydrogens (tertiary/aromatic N) is 2. The van der Waals surface area contributed by atoms with Crippen LogP contribution in [0.3, 0.4) is 0 Å². The number of carbonyl (C=O) groups excluding carboxylic acids is 2. The van der Waals surface area contributed by atoms with Crippen molar-refractivity contribution in [3.63, 3.8) is 0 Å². The van der Waals surface area contributed by atoms with E-state index in [0.717, 1.165) is 25.7 Å². The molecule has 1 N–H and O–H groups in total. The highest BCUT2D eigenvalue weighted by atomic mass is 16.3. The zero-order valence-electron chi connectivity index (χ0n) is 11.2. The van der Waals surface area contributed by atoms with Crippen LogP contribution in [0.4, 0.5) is 0 Å². The van der Waals surface area contributed by atoms with Gasteiger partial charge < -0.3 is 14.9 Å². The maximum absolute atomic E-state index is 12.2. The maximum Gasteiger partial charge on any atom is 0.227 e. The molecule has 0 radical (unpaired) electrons. The fraction of sp³-hybridized carbons (Fsp3) is 0.846. The van der Waals surface area contributed by atoms with Crippen LogP contribution in [-0.2, 0) is 9.59 Å². The smallest absolute Gasteiger partial charge is 0.227 e. The van der Waals surface area contributed by atoms with Gasteiger partial charge in [-0.25, -0.2) is 0 Å². The number of amides is 2. The zero-order valence-corrected chi connectivity index (χ0v) is 11.2. The summed E-state index contributed by atoms with van der Waals surface area (Å²) in [6.45, 7) is 0.890. The molecule has 1 unspecified atom stereocenters. The Morgan fingerprint density at radius 3 is 2.61 bits per heavy atom. The van der Waals surface area contributed by atoms with Crippen LogP contribution in [0.2, 0.25) is 0 Å². The third-order valence-corrected chi connectivity index (χ3v) is 4.13. The molecule has 2 aliphatic rings. The molecule has 18 heavy (non-hydrogen) atoms. The number of carbonyl (C=O) groups is 2. The Balaban J connectivity index is 1.91. The second-order valence-corrected chi connectivity index (χ2v) is 5.80. The van der Waals surface area contributed by atoms with E-state index >= 15 is 0 Å². The maximum atomic E-state index is 12.2. The van der Waals surface area contributed by atoms with Gasteiger partial charge in [0.05, 0.1) is 11.5 Å². The van der Waals surface area contributed by atoms with Crippen LogP contribution >= 0.6 is 0 Å². The molecule has 1 heterocycles. The van der Waals surface area contributed by atoms with Gasteiger partial charge in [-0.2, -0.15) is 0 Å². The summed E-state index contributed by atoms with van der Waals surface area (Å²) in [6, 6.07) is 0. The highest BCUT2D eigenvalue weighted by Crippen LogP contribution is 2.30. The molecule has 1 aliphatic carbocycles. The molecule has 0 aromatic heterocycles. The largest absolute Gasteiger partial charge is 0.388 e. The van der Waals surface area contributed by atoms with Crippen LogP contribution in [-0.4, -0.2) is 59.5 Å². The topological polar surface area (TPSA) is 60.9 Å². The number of hydrogen-bond donors (Lipinski definition) is 1. The molecule has 0 aromatic rings. The molecular formula is C13H22N2O3. The van der Waals surface area contributed by atoms with E-state index in [0.29, 0.717) is 19.5 Å². The molecule has 1 atom stereocenters. The second-order valence-electron chi connectivity index (χ2n) is 5.80. The van der Waals surface area contributed by atoms with Gasteiger partial charge in [-0.3, -0.25) is 9.59 Å². The highest BCUT2D eigenvalue weighted by molar-refractivity contribution is 5.89. The van der Waals surface area contributed by atoms with Crippen LogP contribution in [0.25, 0.3) is 0 Å². The van der Waals surface area contributed by atoms with Gasteiger partial charge in [-0.05, 0) is 12.8 Å². The van der Waals surface area contributed by atoms with Crippen molar-refractivity contribution in [1.82, 2.24) is 9.80 Å². The number of rotatable bonds is 3. The predicted molar refractivity (Wildman–Crippen MR) is 66.8 cm³/mol. The molecule has 1 aliphatic heterocycles. The van der Waals surface area contributed by atoms with Crippen LogP contribution < -0.4 is 0 Å². The van der Waals surface area contributed by atoms with E-state index in [1.807, 2.05) is 0 Å². The minimum absolute atomic E-state index is 0.0203. The summed E-state index contributed by atoms with van der Waals surface area (Å²) in [5, 5.41) is 10.3. The van der Waals surface area contributed by atoms with Crippen molar-refractivity contribution in [3.8, 4) is 0 Å². The molecule has 2 amide bonds. The molecule has 2 fully saturated rings. The first-order valence-corrected chi connectivity index (χ1v) is 6.63. The van der Waals surface area contributed by atoms with E-state index < -0.39 is 5.60 Å². The quantitative estimate of drug-likeness (QED) is 0.784. The standard InChI is InChI=1S/C13H22N2O3/c1-14-8-10(7-11(14)16)12(17)15(2)9-13(18)5-3-4-6-13/h10,18H,3-9H2,1-2H3. The lowest BCUT2D eigenvalue weighted by atomic mass is 10.0. The molecule has 5 heteroatoms. The summed E-state index contributed by atoms with van der Waals surface area (Å²) < 4.78 is 0. The summed E-state index contributed by atoms with van der Waals surface area (Å²) in [4.78, 5) is 26.8. The first-order chi connectivity index (χ1) is 8.41. The lowest BCUT2D eigenvalue weighted by Gasteiger charge is -2.30. The van der Waals surface area contributed by atoms with Crippen molar-refractivity contribution in [2.75, 3.05) is 27.2 Å². The van der Waals surface area contributed by atoms with E-state index in [-0.39, 0.29) is 17.7 Å². The van der Waals surface area contributed by atoms with Crippen LogP contribution in [0, 0.1) is 5.92 Å².